The predicted molar refractivity (Wildman–Crippen MR) is 72.6 cm³/mol. The number of ether oxygens (including phenoxy) is 1. The molecule has 1 unspecified atom stereocenters. The van der Waals surface area contributed by atoms with Crippen molar-refractivity contribution in [3.05, 3.63) is 29.8 Å². The van der Waals surface area contributed by atoms with Gasteiger partial charge in [0.05, 0.1) is 13.5 Å². The third kappa shape index (κ3) is 5.19. The first-order chi connectivity index (χ1) is 8.65. The Morgan fingerprint density at radius 3 is 2.61 bits per heavy atom. The van der Waals surface area contributed by atoms with E-state index in [9.17, 15) is 4.79 Å². The van der Waals surface area contributed by atoms with E-state index in [-0.39, 0.29) is 11.9 Å². The van der Waals surface area contributed by atoms with Crippen LogP contribution >= 0.6 is 0 Å². The van der Waals surface area contributed by atoms with Crippen molar-refractivity contribution in [1.82, 2.24) is 5.32 Å². The normalized spacial score (nSPS) is 11.9. The van der Waals surface area contributed by atoms with Crippen molar-refractivity contribution >= 4 is 5.91 Å². The minimum absolute atomic E-state index is 0.00622. The van der Waals surface area contributed by atoms with E-state index in [0.717, 1.165) is 24.2 Å². The van der Waals surface area contributed by atoms with Gasteiger partial charge in [-0.3, -0.25) is 4.79 Å². The van der Waals surface area contributed by atoms with Crippen molar-refractivity contribution in [3.63, 3.8) is 0 Å². The first kappa shape index (κ1) is 14.5. The van der Waals surface area contributed by atoms with E-state index in [1.807, 2.05) is 24.3 Å². The summed E-state index contributed by atoms with van der Waals surface area (Å²) in [4.78, 5) is 11.7. The van der Waals surface area contributed by atoms with Crippen LogP contribution in [0.1, 0.15) is 25.3 Å². The zero-order valence-corrected chi connectivity index (χ0v) is 11.1. The molecule has 1 aromatic carbocycles. The van der Waals surface area contributed by atoms with Crippen molar-refractivity contribution in [2.75, 3.05) is 13.7 Å². The lowest BCUT2D eigenvalue weighted by atomic mass is 10.1. The highest BCUT2D eigenvalue weighted by Gasteiger charge is 2.06. The minimum Gasteiger partial charge on any atom is -0.497 e. The summed E-state index contributed by atoms with van der Waals surface area (Å²) in [7, 11) is 1.62. The zero-order chi connectivity index (χ0) is 13.4. The predicted octanol–water partition coefficient (Wildman–Crippen LogP) is 1.48. The minimum atomic E-state index is 0.00622. The van der Waals surface area contributed by atoms with Gasteiger partial charge in [-0.2, -0.15) is 0 Å². The SMILES string of the molecule is CCCC(N)CNC(=O)Cc1ccc(OC)cc1. The Morgan fingerprint density at radius 1 is 1.39 bits per heavy atom. The molecule has 0 aliphatic rings. The highest BCUT2D eigenvalue weighted by atomic mass is 16.5. The average Bonchev–Trinajstić information content (AvgIpc) is 2.38. The molecule has 1 aromatic rings. The van der Waals surface area contributed by atoms with Gasteiger partial charge in [-0.05, 0) is 24.1 Å². The van der Waals surface area contributed by atoms with E-state index < -0.39 is 0 Å². The van der Waals surface area contributed by atoms with E-state index >= 15 is 0 Å². The summed E-state index contributed by atoms with van der Waals surface area (Å²) in [6.45, 7) is 2.63. The highest BCUT2D eigenvalue weighted by Crippen LogP contribution is 2.11. The Kier molecular flexibility index (Phi) is 6.22. The van der Waals surface area contributed by atoms with E-state index in [1.165, 1.54) is 0 Å². The van der Waals surface area contributed by atoms with Crippen LogP contribution < -0.4 is 15.8 Å². The number of benzene rings is 1. The summed E-state index contributed by atoms with van der Waals surface area (Å²) in [5.41, 5.74) is 6.80. The van der Waals surface area contributed by atoms with Crippen LogP contribution in [-0.4, -0.2) is 25.6 Å². The number of hydrogen-bond donors (Lipinski definition) is 2. The van der Waals surface area contributed by atoms with Crippen LogP contribution in [0.3, 0.4) is 0 Å². The van der Waals surface area contributed by atoms with Gasteiger partial charge in [-0.25, -0.2) is 0 Å². The second-order valence-corrected chi connectivity index (χ2v) is 4.38. The van der Waals surface area contributed by atoms with Crippen LogP contribution in [0.4, 0.5) is 0 Å². The molecule has 0 aliphatic carbocycles. The van der Waals surface area contributed by atoms with Gasteiger partial charge in [0, 0.05) is 12.6 Å². The summed E-state index contributed by atoms with van der Waals surface area (Å²) in [5.74, 6) is 0.802. The second-order valence-electron chi connectivity index (χ2n) is 4.38. The number of rotatable bonds is 7. The van der Waals surface area contributed by atoms with Gasteiger partial charge < -0.3 is 15.8 Å². The van der Waals surface area contributed by atoms with E-state index in [0.29, 0.717) is 13.0 Å². The van der Waals surface area contributed by atoms with Crippen LogP contribution in [0.2, 0.25) is 0 Å². The molecule has 0 spiro atoms. The van der Waals surface area contributed by atoms with Gasteiger partial charge in [0.15, 0.2) is 0 Å². The van der Waals surface area contributed by atoms with E-state index in [4.69, 9.17) is 10.5 Å². The summed E-state index contributed by atoms with van der Waals surface area (Å²) < 4.78 is 5.06. The van der Waals surface area contributed by atoms with Gasteiger partial charge in [0.2, 0.25) is 5.91 Å². The molecular formula is C14H22N2O2. The number of carbonyl (C=O) groups excluding carboxylic acids is 1. The number of amides is 1. The molecule has 1 rings (SSSR count). The first-order valence-corrected chi connectivity index (χ1v) is 6.31. The largest absolute Gasteiger partial charge is 0.497 e. The number of hydrogen-bond acceptors (Lipinski definition) is 3. The third-order valence-electron chi connectivity index (χ3n) is 2.74. The van der Waals surface area contributed by atoms with Gasteiger partial charge in [0.1, 0.15) is 5.75 Å². The Labute approximate surface area is 109 Å². The standard InChI is InChI=1S/C14H22N2O2/c1-3-4-12(15)10-16-14(17)9-11-5-7-13(18-2)8-6-11/h5-8,12H,3-4,9-10,15H2,1-2H3,(H,16,17). The van der Waals surface area contributed by atoms with Gasteiger partial charge in [0.25, 0.3) is 0 Å². The van der Waals surface area contributed by atoms with Crippen molar-refractivity contribution in [3.8, 4) is 5.75 Å². The Bertz CT molecular complexity index is 363. The molecule has 4 heteroatoms. The van der Waals surface area contributed by atoms with Gasteiger partial charge in [-0.1, -0.05) is 25.5 Å². The summed E-state index contributed by atoms with van der Waals surface area (Å²) >= 11 is 0. The molecule has 0 saturated heterocycles. The van der Waals surface area contributed by atoms with Crippen LogP contribution in [0.25, 0.3) is 0 Å². The molecule has 0 aromatic heterocycles. The Hall–Kier alpha value is -1.55. The fourth-order valence-electron chi connectivity index (χ4n) is 1.71. The molecule has 0 saturated carbocycles. The maximum Gasteiger partial charge on any atom is 0.224 e. The lowest BCUT2D eigenvalue weighted by Gasteiger charge is -2.11. The van der Waals surface area contributed by atoms with Crippen molar-refractivity contribution in [2.45, 2.75) is 32.2 Å². The van der Waals surface area contributed by atoms with Crippen molar-refractivity contribution in [2.24, 2.45) is 5.73 Å². The number of methoxy groups -OCH3 is 1. The van der Waals surface area contributed by atoms with Crippen molar-refractivity contribution in [1.29, 1.82) is 0 Å². The molecular weight excluding hydrogens is 228 g/mol. The second kappa shape index (κ2) is 7.71. The van der Waals surface area contributed by atoms with Crippen LogP contribution in [0.15, 0.2) is 24.3 Å². The molecule has 0 bridgehead atoms. The average molecular weight is 250 g/mol. The lowest BCUT2D eigenvalue weighted by Crippen LogP contribution is -2.37. The smallest absolute Gasteiger partial charge is 0.224 e. The maximum absolute atomic E-state index is 11.7. The summed E-state index contributed by atoms with van der Waals surface area (Å²) in [5, 5.41) is 2.85. The van der Waals surface area contributed by atoms with Crippen LogP contribution in [0.5, 0.6) is 5.75 Å². The molecule has 0 radical (unpaired) electrons. The quantitative estimate of drug-likeness (QED) is 0.770. The fraction of sp³-hybridized carbons (Fsp3) is 0.500. The van der Waals surface area contributed by atoms with E-state index in [1.54, 1.807) is 7.11 Å². The number of nitrogens with two attached hydrogens (primary N) is 1. The first-order valence-electron chi connectivity index (χ1n) is 6.31. The summed E-state index contributed by atoms with van der Waals surface area (Å²) in [6, 6.07) is 7.54. The molecule has 1 amide bonds. The molecule has 18 heavy (non-hydrogen) atoms. The lowest BCUT2D eigenvalue weighted by molar-refractivity contribution is -0.120. The van der Waals surface area contributed by atoms with Crippen LogP contribution in [-0.2, 0) is 11.2 Å². The number of nitrogens with one attached hydrogen (secondary N) is 1. The maximum atomic E-state index is 11.7. The van der Waals surface area contributed by atoms with E-state index in [2.05, 4.69) is 12.2 Å². The topological polar surface area (TPSA) is 64.3 Å². The summed E-state index contributed by atoms with van der Waals surface area (Å²) in [6.07, 6.45) is 2.35. The third-order valence-corrected chi connectivity index (χ3v) is 2.74. The molecule has 1 atom stereocenters. The molecule has 3 N–H and O–H groups in total. The molecule has 0 heterocycles. The van der Waals surface area contributed by atoms with Crippen LogP contribution in [0, 0.1) is 0 Å². The Morgan fingerprint density at radius 2 is 2.06 bits per heavy atom. The molecule has 100 valence electrons. The zero-order valence-electron chi connectivity index (χ0n) is 11.1. The molecule has 0 aliphatic heterocycles. The molecule has 4 nitrogen and oxygen atoms in total. The van der Waals surface area contributed by atoms with Gasteiger partial charge >= 0.3 is 0 Å². The monoisotopic (exact) mass is 250 g/mol. The fourth-order valence-corrected chi connectivity index (χ4v) is 1.71. The highest BCUT2D eigenvalue weighted by molar-refractivity contribution is 5.78. The van der Waals surface area contributed by atoms with Crippen molar-refractivity contribution < 1.29 is 9.53 Å². The number of carbonyl (C=O) groups is 1. The van der Waals surface area contributed by atoms with Gasteiger partial charge in [-0.15, -0.1) is 0 Å². The molecule has 0 fully saturated rings. The Balaban J connectivity index is 2.35.